The molecule has 2 heterocycles. The molecular formula is C14H16N2O4S2. The molecule has 1 aromatic heterocycles. The van der Waals surface area contributed by atoms with Gasteiger partial charge in [-0.15, -0.1) is 0 Å². The largest absolute Gasteiger partial charge is 0.347 e. The molecule has 0 bridgehead atoms. The predicted molar refractivity (Wildman–Crippen MR) is 80.4 cm³/mol. The van der Waals surface area contributed by atoms with Gasteiger partial charge in [0.2, 0.25) is 14.2 Å². The molecule has 1 aliphatic rings. The molecule has 118 valence electrons. The number of hydrogen-bond donors (Lipinski definition) is 0. The van der Waals surface area contributed by atoms with Crippen LogP contribution >= 0.6 is 11.5 Å². The van der Waals surface area contributed by atoms with E-state index < -0.39 is 21.7 Å². The molecule has 0 amide bonds. The molecule has 0 saturated carbocycles. The van der Waals surface area contributed by atoms with Crippen molar-refractivity contribution in [3.05, 3.63) is 35.7 Å². The first kappa shape index (κ1) is 15.5. The Morgan fingerprint density at radius 3 is 2.55 bits per heavy atom. The fraction of sp³-hybridized carbons (Fsp3) is 0.429. The number of sulfone groups is 1. The number of nitrogens with zero attached hydrogens (tertiary/aromatic N) is 2. The maximum atomic E-state index is 12.5. The van der Waals surface area contributed by atoms with E-state index in [0.717, 1.165) is 17.1 Å². The van der Waals surface area contributed by atoms with Crippen molar-refractivity contribution in [3.63, 3.8) is 0 Å². The Balaban J connectivity index is 1.89. The minimum Gasteiger partial charge on any atom is -0.347 e. The molecular weight excluding hydrogens is 324 g/mol. The summed E-state index contributed by atoms with van der Waals surface area (Å²) in [4.78, 5) is 4.36. The number of ether oxygens (including phenoxy) is 2. The Kier molecular flexibility index (Phi) is 3.80. The Morgan fingerprint density at radius 1 is 1.27 bits per heavy atom. The average Bonchev–Trinajstić information content (AvgIpc) is 3.06. The Morgan fingerprint density at radius 2 is 1.95 bits per heavy atom. The van der Waals surface area contributed by atoms with Gasteiger partial charge in [0.1, 0.15) is 6.10 Å². The zero-order valence-corrected chi connectivity index (χ0v) is 14.1. The maximum Gasteiger partial charge on any atom is 0.235 e. The van der Waals surface area contributed by atoms with Gasteiger partial charge in [0, 0.05) is 0 Å². The first-order valence-electron chi connectivity index (χ1n) is 6.75. The molecule has 0 aliphatic carbocycles. The Bertz CT molecular complexity index is 781. The third-order valence-electron chi connectivity index (χ3n) is 3.28. The summed E-state index contributed by atoms with van der Waals surface area (Å²) in [6.45, 7) is 5.80. The van der Waals surface area contributed by atoms with Gasteiger partial charge in [0.25, 0.3) is 0 Å². The molecule has 1 atom stereocenters. The van der Waals surface area contributed by atoms with Gasteiger partial charge in [-0.3, -0.25) is 0 Å². The SMILES string of the molecule is Cc1ccc(S(=O)(=O)c2nc(C3COC(C)(C)O3)ns2)cc1. The highest BCUT2D eigenvalue weighted by Crippen LogP contribution is 2.33. The van der Waals surface area contributed by atoms with Gasteiger partial charge in [0.05, 0.1) is 11.5 Å². The van der Waals surface area contributed by atoms with Crippen molar-refractivity contribution in [2.75, 3.05) is 6.61 Å². The van der Waals surface area contributed by atoms with Crippen molar-refractivity contribution in [3.8, 4) is 0 Å². The second-order valence-electron chi connectivity index (χ2n) is 5.55. The number of benzene rings is 1. The molecule has 22 heavy (non-hydrogen) atoms. The third kappa shape index (κ3) is 2.91. The highest BCUT2D eigenvalue weighted by Gasteiger charge is 2.36. The van der Waals surface area contributed by atoms with Crippen LogP contribution in [0.3, 0.4) is 0 Å². The van der Waals surface area contributed by atoms with Crippen LogP contribution in [0, 0.1) is 6.92 Å². The first-order chi connectivity index (χ1) is 10.3. The summed E-state index contributed by atoms with van der Waals surface area (Å²) in [6.07, 6.45) is -0.437. The van der Waals surface area contributed by atoms with Gasteiger partial charge in [-0.25, -0.2) is 13.4 Å². The normalized spacial score (nSPS) is 21.1. The number of aryl methyl sites for hydroxylation is 1. The van der Waals surface area contributed by atoms with E-state index in [4.69, 9.17) is 9.47 Å². The lowest BCUT2D eigenvalue weighted by atomic mass is 10.2. The minimum absolute atomic E-state index is 0.0281. The van der Waals surface area contributed by atoms with Crippen LogP contribution in [0.4, 0.5) is 0 Å². The smallest absolute Gasteiger partial charge is 0.235 e. The molecule has 8 heteroatoms. The van der Waals surface area contributed by atoms with Crippen LogP contribution in [-0.4, -0.2) is 30.2 Å². The molecule has 2 aromatic rings. The molecule has 1 aromatic carbocycles. The quantitative estimate of drug-likeness (QED) is 0.854. The van der Waals surface area contributed by atoms with Crippen molar-refractivity contribution in [2.45, 2.75) is 41.9 Å². The second kappa shape index (κ2) is 5.38. The lowest BCUT2D eigenvalue weighted by molar-refractivity contribution is -0.139. The summed E-state index contributed by atoms with van der Waals surface area (Å²) in [7, 11) is -3.64. The summed E-state index contributed by atoms with van der Waals surface area (Å²) in [5.74, 6) is -0.354. The summed E-state index contributed by atoms with van der Waals surface area (Å²) >= 11 is 0.858. The standard InChI is InChI=1S/C14H16N2O4S2/c1-9-4-6-10(7-5-9)22(17,18)13-15-12(16-21-13)11-8-19-14(2,3)20-11/h4-7,11H,8H2,1-3H3. The third-order valence-corrected chi connectivity index (χ3v) is 6.13. The zero-order valence-electron chi connectivity index (χ0n) is 12.4. The van der Waals surface area contributed by atoms with E-state index in [1.54, 1.807) is 38.1 Å². The summed E-state index contributed by atoms with van der Waals surface area (Å²) in [5, 5.41) is 0. The second-order valence-corrected chi connectivity index (χ2v) is 8.43. The predicted octanol–water partition coefficient (Wildman–Crippen LogP) is 2.50. The van der Waals surface area contributed by atoms with Crippen LogP contribution in [-0.2, 0) is 19.3 Å². The molecule has 0 spiro atoms. The van der Waals surface area contributed by atoms with Crippen molar-refractivity contribution < 1.29 is 17.9 Å². The molecule has 1 aliphatic heterocycles. The fourth-order valence-corrected chi connectivity index (χ4v) is 4.26. The van der Waals surface area contributed by atoms with Gasteiger partial charge in [-0.2, -0.15) is 4.37 Å². The topological polar surface area (TPSA) is 78.4 Å². The van der Waals surface area contributed by atoms with E-state index in [1.165, 1.54) is 0 Å². The zero-order chi connectivity index (χ0) is 16.0. The molecule has 3 rings (SSSR count). The molecule has 0 radical (unpaired) electrons. The highest BCUT2D eigenvalue weighted by molar-refractivity contribution is 7.93. The van der Waals surface area contributed by atoms with E-state index in [9.17, 15) is 8.42 Å². The lowest BCUT2D eigenvalue weighted by Crippen LogP contribution is -2.19. The van der Waals surface area contributed by atoms with Crippen LogP contribution in [0.15, 0.2) is 33.5 Å². The van der Waals surface area contributed by atoms with Gasteiger partial charge in [0.15, 0.2) is 11.6 Å². The highest BCUT2D eigenvalue weighted by atomic mass is 32.2. The average molecular weight is 340 g/mol. The van der Waals surface area contributed by atoms with Gasteiger partial charge < -0.3 is 9.47 Å². The summed E-state index contributed by atoms with van der Waals surface area (Å²) in [5.41, 5.74) is 0.996. The van der Waals surface area contributed by atoms with Crippen molar-refractivity contribution in [1.29, 1.82) is 0 Å². The number of aromatic nitrogens is 2. The van der Waals surface area contributed by atoms with E-state index in [1.807, 2.05) is 6.92 Å². The summed E-state index contributed by atoms with van der Waals surface area (Å²) in [6, 6.07) is 6.66. The van der Waals surface area contributed by atoms with Gasteiger partial charge >= 0.3 is 0 Å². The first-order valence-corrected chi connectivity index (χ1v) is 9.01. The van der Waals surface area contributed by atoms with Crippen molar-refractivity contribution in [2.24, 2.45) is 0 Å². The van der Waals surface area contributed by atoms with Crippen LogP contribution in [0.2, 0.25) is 0 Å². The van der Waals surface area contributed by atoms with Crippen LogP contribution < -0.4 is 0 Å². The maximum absolute atomic E-state index is 12.5. The molecule has 6 nitrogen and oxygen atoms in total. The Labute approximate surface area is 133 Å². The number of rotatable bonds is 3. The minimum atomic E-state index is -3.64. The molecule has 0 N–H and O–H groups in total. The monoisotopic (exact) mass is 340 g/mol. The Hall–Kier alpha value is -1.35. The van der Waals surface area contributed by atoms with Gasteiger partial charge in [-0.1, -0.05) is 17.7 Å². The lowest BCUT2D eigenvalue weighted by Gasteiger charge is -2.15. The molecule has 1 unspecified atom stereocenters. The van der Waals surface area contributed by atoms with Crippen LogP contribution in [0.5, 0.6) is 0 Å². The van der Waals surface area contributed by atoms with Crippen LogP contribution in [0.25, 0.3) is 0 Å². The van der Waals surface area contributed by atoms with Gasteiger partial charge in [-0.05, 0) is 44.4 Å². The van der Waals surface area contributed by atoms with E-state index >= 15 is 0 Å². The van der Waals surface area contributed by atoms with Crippen molar-refractivity contribution in [1.82, 2.24) is 9.36 Å². The van der Waals surface area contributed by atoms with Crippen LogP contribution in [0.1, 0.15) is 31.3 Å². The van der Waals surface area contributed by atoms with E-state index in [2.05, 4.69) is 9.36 Å². The van der Waals surface area contributed by atoms with E-state index in [-0.39, 0.29) is 9.24 Å². The molecule has 1 saturated heterocycles. The number of hydrogen-bond acceptors (Lipinski definition) is 7. The molecule has 1 fully saturated rings. The van der Waals surface area contributed by atoms with E-state index in [0.29, 0.717) is 12.4 Å². The van der Waals surface area contributed by atoms with Crippen molar-refractivity contribution >= 4 is 21.4 Å². The fourth-order valence-electron chi connectivity index (χ4n) is 2.09. The summed E-state index contributed by atoms with van der Waals surface area (Å²) < 4.78 is 40.3.